The van der Waals surface area contributed by atoms with Gasteiger partial charge in [0.25, 0.3) is 0 Å². The largest absolute Gasteiger partial charge is 0.465 e. The number of methoxy groups -OCH3 is 1. The second kappa shape index (κ2) is 9.72. The number of esters is 1. The van der Waals surface area contributed by atoms with Gasteiger partial charge in [-0.1, -0.05) is 6.07 Å². The predicted molar refractivity (Wildman–Crippen MR) is 102 cm³/mol. The first-order valence-corrected chi connectivity index (χ1v) is 9.27. The molecule has 27 heavy (non-hydrogen) atoms. The average molecular weight is 390 g/mol. The summed E-state index contributed by atoms with van der Waals surface area (Å²) in [6.45, 7) is 4.24. The molecule has 2 aromatic rings. The molecule has 0 bridgehead atoms. The SMILES string of the molecule is CCN(CC(=O)NCc1cccs1)C(=O)/C=C/c1cc(C(=O)OC)c(C)o1. The zero-order valence-corrected chi connectivity index (χ0v) is 16.3. The molecule has 2 heterocycles. The number of nitrogens with one attached hydrogen (secondary N) is 1. The Hall–Kier alpha value is -2.87. The number of carbonyl (C=O) groups excluding carboxylic acids is 3. The molecular weight excluding hydrogens is 368 g/mol. The maximum Gasteiger partial charge on any atom is 0.341 e. The van der Waals surface area contributed by atoms with Crippen LogP contribution in [0.25, 0.3) is 6.08 Å². The average Bonchev–Trinajstić information content (AvgIpc) is 3.31. The molecular formula is C19H22N2O5S. The van der Waals surface area contributed by atoms with E-state index in [9.17, 15) is 14.4 Å². The Morgan fingerprint density at radius 1 is 1.37 bits per heavy atom. The predicted octanol–water partition coefficient (Wildman–Crippen LogP) is 2.61. The lowest BCUT2D eigenvalue weighted by Crippen LogP contribution is -2.39. The number of hydrogen-bond donors (Lipinski definition) is 1. The third-order valence-corrected chi connectivity index (χ3v) is 4.68. The Kier molecular flexibility index (Phi) is 7.36. The molecule has 2 rings (SSSR count). The smallest absolute Gasteiger partial charge is 0.341 e. The Morgan fingerprint density at radius 2 is 2.15 bits per heavy atom. The van der Waals surface area contributed by atoms with Gasteiger partial charge < -0.3 is 19.4 Å². The van der Waals surface area contributed by atoms with Crippen molar-refractivity contribution in [3.63, 3.8) is 0 Å². The van der Waals surface area contributed by atoms with Crippen LogP contribution in [0.15, 0.2) is 34.1 Å². The van der Waals surface area contributed by atoms with Crippen LogP contribution in [-0.4, -0.2) is 42.9 Å². The Labute approximate surface area is 161 Å². The zero-order valence-electron chi connectivity index (χ0n) is 15.5. The van der Waals surface area contributed by atoms with E-state index < -0.39 is 5.97 Å². The molecule has 7 nitrogen and oxygen atoms in total. The molecule has 0 unspecified atom stereocenters. The van der Waals surface area contributed by atoms with Crippen molar-refractivity contribution in [2.24, 2.45) is 0 Å². The molecule has 0 spiro atoms. The number of furan rings is 1. The number of ether oxygens (including phenoxy) is 1. The lowest BCUT2D eigenvalue weighted by atomic mass is 10.2. The van der Waals surface area contributed by atoms with Crippen molar-refractivity contribution in [2.45, 2.75) is 20.4 Å². The first-order valence-electron chi connectivity index (χ1n) is 8.39. The third kappa shape index (κ3) is 5.82. The second-order valence-electron chi connectivity index (χ2n) is 5.65. The van der Waals surface area contributed by atoms with E-state index in [1.807, 2.05) is 17.5 Å². The Bertz CT molecular complexity index is 823. The highest BCUT2D eigenvalue weighted by Gasteiger charge is 2.16. The number of carbonyl (C=O) groups is 3. The van der Waals surface area contributed by atoms with Crippen LogP contribution in [0.1, 0.15) is 33.7 Å². The molecule has 2 amide bonds. The molecule has 0 saturated carbocycles. The van der Waals surface area contributed by atoms with Gasteiger partial charge in [-0.2, -0.15) is 0 Å². The van der Waals surface area contributed by atoms with Gasteiger partial charge in [0.1, 0.15) is 17.1 Å². The molecule has 0 aliphatic carbocycles. The van der Waals surface area contributed by atoms with Gasteiger partial charge in [-0.25, -0.2) is 4.79 Å². The molecule has 2 aromatic heterocycles. The van der Waals surface area contributed by atoms with Crippen molar-refractivity contribution in [3.05, 3.63) is 51.6 Å². The fourth-order valence-corrected chi connectivity index (χ4v) is 2.98. The summed E-state index contributed by atoms with van der Waals surface area (Å²) < 4.78 is 10.1. The van der Waals surface area contributed by atoms with Crippen LogP contribution in [0, 0.1) is 6.92 Å². The van der Waals surface area contributed by atoms with E-state index in [-0.39, 0.29) is 18.4 Å². The summed E-state index contributed by atoms with van der Waals surface area (Å²) in [5, 5.41) is 4.73. The molecule has 0 radical (unpaired) electrons. The molecule has 8 heteroatoms. The summed E-state index contributed by atoms with van der Waals surface area (Å²) in [4.78, 5) is 38.4. The summed E-state index contributed by atoms with van der Waals surface area (Å²) in [5.41, 5.74) is 0.310. The van der Waals surface area contributed by atoms with Gasteiger partial charge in [0.05, 0.1) is 20.2 Å². The van der Waals surface area contributed by atoms with Crippen LogP contribution in [0.3, 0.4) is 0 Å². The van der Waals surface area contributed by atoms with Gasteiger partial charge >= 0.3 is 5.97 Å². The van der Waals surface area contributed by atoms with Crippen molar-refractivity contribution in [2.75, 3.05) is 20.2 Å². The van der Waals surface area contributed by atoms with Crippen molar-refractivity contribution >= 4 is 35.2 Å². The van der Waals surface area contributed by atoms with E-state index >= 15 is 0 Å². The van der Waals surface area contributed by atoms with Crippen molar-refractivity contribution in [1.29, 1.82) is 0 Å². The maximum absolute atomic E-state index is 12.3. The van der Waals surface area contributed by atoms with Crippen molar-refractivity contribution in [1.82, 2.24) is 10.2 Å². The zero-order chi connectivity index (χ0) is 19.8. The number of thiophene rings is 1. The molecule has 0 aromatic carbocycles. The van der Waals surface area contributed by atoms with Gasteiger partial charge in [0.2, 0.25) is 11.8 Å². The van der Waals surface area contributed by atoms with Gasteiger partial charge in [-0.05, 0) is 37.4 Å². The van der Waals surface area contributed by atoms with Crippen LogP contribution in [0.4, 0.5) is 0 Å². The molecule has 0 fully saturated rings. The first-order chi connectivity index (χ1) is 12.9. The normalized spacial score (nSPS) is 10.8. The summed E-state index contributed by atoms with van der Waals surface area (Å²) in [6, 6.07) is 5.36. The van der Waals surface area contributed by atoms with Crippen molar-refractivity contribution in [3.8, 4) is 0 Å². The summed E-state index contributed by atoms with van der Waals surface area (Å²) in [7, 11) is 1.29. The van der Waals surface area contributed by atoms with E-state index in [0.717, 1.165) is 4.88 Å². The maximum atomic E-state index is 12.3. The molecule has 144 valence electrons. The highest BCUT2D eigenvalue weighted by Crippen LogP contribution is 2.17. The van der Waals surface area contributed by atoms with Crippen LogP contribution in [-0.2, 0) is 20.9 Å². The van der Waals surface area contributed by atoms with E-state index in [0.29, 0.717) is 30.2 Å². The lowest BCUT2D eigenvalue weighted by Gasteiger charge is -2.18. The Balaban J connectivity index is 1.92. The first kappa shape index (κ1) is 20.4. The fourth-order valence-electron chi connectivity index (χ4n) is 2.33. The third-order valence-electron chi connectivity index (χ3n) is 3.80. The minimum absolute atomic E-state index is 0.0321. The second-order valence-corrected chi connectivity index (χ2v) is 6.68. The summed E-state index contributed by atoms with van der Waals surface area (Å²) in [6.07, 6.45) is 2.78. The summed E-state index contributed by atoms with van der Waals surface area (Å²) in [5.74, 6) is -0.278. The van der Waals surface area contributed by atoms with E-state index in [1.165, 1.54) is 30.2 Å². The fraction of sp³-hybridized carbons (Fsp3) is 0.316. The van der Waals surface area contributed by atoms with Crippen LogP contribution in [0.5, 0.6) is 0 Å². The van der Waals surface area contributed by atoms with Crippen molar-refractivity contribution < 1.29 is 23.5 Å². The number of rotatable bonds is 8. The molecule has 0 aliphatic heterocycles. The topological polar surface area (TPSA) is 88.9 Å². The highest BCUT2D eigenvalue weighted by atomic mass is 32.1. The summed E-state index contributed by atoms with van der Waals surface area (Å²) >= 11 is 1.56. The number of nitrogens with zero attached hydrogens (tertiary/aromatic N) is 1. The number of amides is 2. The van der Waals surface area contributed by atoms with Gasteiger partial charge in [-0.3, -0.25) is 9.59 Å². The molecule has 0 atom stereocenters. The van der Waals surface area contributed by atoms with Gasteiger partial charge in [-0.15, -0.1) is 11.3 Å². The van der Waals surface area contributed by atoms with E-state index in [1.54, 1.807) is 25.2 Å². The number of likely N-dealkylation sites (N-methyl/N-ethyl adjacent to an activating group) is 1. The van der Waals surface area contributed by atoms with Crippen LogP contribution >= 0.6 is 11.3 Å². The van der Waals surface area contributed by atoms with E-state index in [2.05, 4.69) is 10.1 Å². The molecule has 0 saturated heterocycles. The number of hydrogen-bond acceptors (Lipinski definition) is 6. The Morgan fingerprint density at radius 3 is 2.78 bits per heavy atom. The lowest BCUT2D eigenvalue weighted by molar-refractivity contribution is -0.132. The van der Waals surface area contributed by atoms with Gasteiger partial charge in [0.15, 0.2) is 0 Å². The van der Waals surface area contributed by atoms with Gasteiger partial charge in [0, 0.05) is 17.5 Å². The highest BCUT2D eigenvalue weighted by molar-refractivity contribution is 7.09. The number of aryl methyl sites for hydroxylation is 1. The van der Waals surface area contributed by atoms with Crippen LogP contribution < -0.4 is 5.32 Å². The minimum Gasteiger partial charge on any atom is -0.465 e. The molecule has 1 N–H and O–H groups in total. The minimum atomic E-state index is -0.500. The van der Waals surface area contributed by atoms with Crippen LogP contribution in [0.2, 0.25) is 0 Å². The molecule has 0 aliphatic rings. The monoisotopic (exact) mass is 390 g/mol. The standard InChI is InChI=1S/C19H22N2O5S/c1-4-21(12-17(22)20-11-15-6-5-9-27-15)18(23)8-7-14-10-16(13(2)26-14)19(24)25-3/h5-10H,4,11-12H2,1-3H3,(H,20,22)/b8-7+. The quantitative estimate of drug-likeness (QED) is 0.553. The van der Waals surface area contributed by atoms with E-state index in [4.69, 9.17) is 4.42 Å².